The molecule has 3 aromatic heterocycles. The number of benzene rings is 2. The Kier molecular flexibility index (Phi) is 6.59. The van der Waals surface area contributed by atoms with Gasteiger partial charge in [0.1, 0.15) is 4.88 Å². The fourth-order valence-electron chi connectivity index (χ4n) is 3.63. The van der Waals surface area contributed by atoms with E-state index in [1.165, 1.54) is 25.3 Å². The van der Waals surface area contributed by atoms with E-state index in [4.69, 9.17) is 27.7 Å². The van der Waals surface area contributed by atoms with E-state index < -0.39 is 13.5 Å². The molecule has 182 valence electrons. The number of halogens is 2. The van der Waals surface area contributed by atoms with Crippen LogP contribution in [0.2, 0.25) is 10.0 Å². The monoisotopic (exact) mass is 558 g/mol. The number of aromatic carboxylic acids is 1. The Balaban J connectivity index is 1.48. The summed E-state index contributed by atoms with van der Waals surface area (Å²) in [4.78, 5) is 16.9. The average molecular weight is 559 g/mol. The molecular weight excluding hydrogens is 542 g/mol. The Morgan fingerprint density at radius 2 is 1.86 bits per heavy atom. The summed E-state index contributed by atoms with van der Waals surface area (Å²) in [7, 11) is -2.49. The number of carboxylic acids is 1. The average Bonchev–Trinajstić information content (AvgIpc) is 3.48. The first kappa shape index (κ1) is 24.5. The highest BCUT2D eigenvalue weighted by atomic mass is 35.5. The Labute approximate surface area is 219 Å². The number of carboxylic acid groups (broad SMARTS) is 1. The van der Waals surface area contributed by atoms with Crippen LogP contribution in [0.15, 0.2) is 73.1 Å². The van der Waals surface area contributed by atoms with E-state index in [1.54, 1.807) is 22.8 Å². The van der Waals surface area contributed by atoms with Crippen LogP contribution in [0.5, 0.6) is 0 Å². The smallest absolute Gasteiger partial charge is 0.348 e. The molecule has 0 aliphatic carbocycles. The molecule has 3 heterocycles. The molecule has 0 spiro atoms. The number of carbonyl (C=O) groups is 1. The molecule has 1 atom stereocenters. The summed E-state index contributed by atoms with van der Waals surface area (Å²) >= 11 is 13.3. The van der Waals surface area contributed by atoms with E-state index in [0.29, 0.717) is 9.90 Å². The molecule has 0 saturated carbocycles. The van der Waals surface area contributed by atoms with Gasteiger partial charge in [0.25, 0.3) is 0 Å². The van der Waals surface area contributed by atoms with Gasteiger partial charge in [-0.3, -0.25) is 4.57 Å². The summed E-state index contributed by atoms with van der Waals surface area (Å²) < 4.78 is 20.6. The lowest BCUT2D eigenvalue weighted by molar-refractivity contribution is 0.0703. The first-order valence-electron chi connectivity index (χ1n) is 10.5. The van der Waals surface area contributed by atoms with Crippen LogP contribution < -0.4 is 10.4 Å². The van der Waals surface area contributed by atoms with Gasteiger partial charge in [0.05, 0.1) is 21.7 Å². The van der Waals surface area contributed by atoms with Crippen molar-refractivity contribution in [3.8, 4) is 21.7 Å². The molecule has 0 radical (unpaired) electrons. The van der Waals surface area contributed by atoms with E-state index in [2.05, 4.69) is 15.2 Å². The molecule has 2 aromatic carbocycles. The van der Waals surface area contributed by atoms with Crippen molar-refractivity contribution in [1.82, 2.24) is 14.6 Å². The van der Waals surface area contributed by atoms with Crippen molar-refractivity contribution in [2.24, 2.45) is 0 Å². The summed E-state index contributed by atoms with van der Waals surface area (Å²) in [6, 6.07) is 17.3. The molecule has 0 saturated heterocycles. The van der Waals surface area contributed by atoms with E-state index >= 15 is 0 Å². The third-order valence-corrected chi connectivity index (χ3v) is 9.30. The maximum absolute atomic E-state index is 13.6. The number of rotatable bonds is 7. The van der Waals surface area contributed by atoms with Crippen LogP contribution in [0.3, 0.4) is 0 Å². The molecule has 5 rings (SSSR count). The van der Waals surface area contributed by atoms with Gasteiger partial charge in [0, 0.05) is 41.0 Å². The zero-order valence-corrected chi connectivity index (χ0v) is 21.8. The molecule has 12 heteroatoms. The van der Waals surface area contributed by atoms with Crippen LogP contribution in [-0.4, -0.2) is 32.8 Å². The fourth-order valence-corrected chi connectivity index (χ4v) is 6.93. The third kappa shape index (κ3) is 4.64. The van der Waals surface area contributed by atoms with E-state index in [0.717, 1.165) is 33.8 Å². The van der Waals surface area contributed by atoms with Gasteiger partial charge in [-0.15, -0.1) is 11.3 Å². The van der Waals surface area contributed by atoms with Crippen molar-refractivity contribution in [1.29, 1.82) is 0 Å². The number of fused-ring (bicyclic) bond motifs is 1. The zero-order chi connectivity index (χ0) is 25.4. The van der Waals surface area contributed by atoms with Gasteiger partial charge < -0.3 is 14.7 Å². The van der Waals surface area contributed by atoms with Gasteiger partial charge in [-0.25, -0.2) is 14.3 Å². The largest absolute Gasteiger partial charge is 0.477 e. The van der Waals surface area contributed by atoms with Crippen molar-refractivity contribution in [2.45, 2.75) is 0 Å². The van der Waals surface area contributed by atoms with Crippen molar-refractivity contribution in [3.05, 3.63) is 88.0 Å². The number of nitrogens with one attached hydrogen (secondary N) is 1. The second-order valence-corrected chi connectivity index (χ2v) is 11.7. The van der Waals surface area contributed by atoms with E-state index in [9.17, 15) is 14.5 Å². The van der Waals surface area contributed by atoms with Crippen molar-refractivity contribution in [3.63, 3.8) is 0 Å². The molecule has 0 fully saturated rings. The topological polar surface area (TPSA) is 106 Å². The minimum atomic E-state index is -3.75. The number of thiophene rings is 1. The lowest BCUT2D eigenvalue weighted by atomic mass is 10.1. The zero-order valence-electron chi connectivity index (χ0n) is 18.6. The predicted molar refractivity (Wildman–Crippen MR) is 143 cm³/mol. The molecule has 5 aromatic rings. The molecule has 8 nitrogen and oxygen atoms in total. The summed E-state index contributed by atoms with van der Waals surface area (Å²) in [6.07, 6.45) is 3.53. The Morgan fingerprint density at radius 1 is 1.11 bits per heavy atom. The number of aromatic nitrogens is 3. The number of nitrogens with zero attached hydrogens (tertiary/aromatic N) is 3. The number of anilines is 1. The van der Waals surface area contributed by atoms with Gasteiger partial charge in [0.2, 0.25) is 0 Å². The van der Waals surface area contributed by atoms with Gasteiger partial charge in [-0.2, -0.15) is 5.10 Å². The summed E-state index contributed by atoms with van der Waals surface area (Å²) in [5.74, 6) is -1.16. The normalized spacial score (nSPS) is 13.0. The SMILES string of the molecule is COP(=O)(Nc1cc(-c2ccc(-c3cc4ncccn4n3)cc2)sc1C(=O)O)c1ccc(Cl)cc1Cl. The molecular formula is C24H17Cl2N4O4PS. The molecule has 0 aliphatic rings. The van der Waals surface area contributed by atoms with Crippen molar-refractivity contribution in [2.75, 3.05) is 12.2 Å². The summed E-state index contributed by atoms with van der Waals surface area (Å²) in [5, 5.41) is 17.8. The van der Waals surface area contributed by atoms with Crippen molar-refractivity contribution < 1.29 is 19.0 Å². The molecule has 0 aliphatic heterocycles. The summed E-state index contributed by atoms with van der Waals surface area (Å²) in [6.45, 7) is 0. The fraction of sp³-hybridized carbons (Fsp3) is 0.0417. The van der Waals surface area contributed by atoms with Crippen LogP contribution in [0.1, 0.15) is 9.67 Å². The maximum Gasteiger partial charge on any atom is 0.348 e. The minimum Gasteiger partial charge on any atom is -0.477 e. The standard InChI is InChI=1S/C24H17Cl2N4O4PS/c1-34-35(33,20-8-7-16(25)11-17(20)26)29-19-12-21(36-23(19)24(31)32)15-5-3-14(4-6-15)18-13-22-27-9-2-10-30(22)28-18/h2-13H,1H3,(H,29,33)(H,31,32). The third-order valence-electron chi connectivity index (χ3n) is 5.38. The first-order chi connectivity index (χ1) is 17.3. The second kappa shape index (κ2) is 9.69. The highest BCUT2D eigenvalue weighted by molar-refractivity contribution is 7.68. The van der Waals surface area contributed by atoms with Crippen molar-refractivity contribution >= 4 is 64.7 Å². The minimum absolute atomic E-state index is 0.0112. The predicted octanol–water partition coefficient (Wildman–Crippen LogP) is 6.71. The molecule has 2 N–H and O–H groups in total. The van der Waals surface area contributed by atoms with Crippen LogP contribution in [0, 0.1) is 0 Å². The highest BCUT2D eigenvalue weighted by Gasteiger charge is 2.30. The highest BCUT2D eigenvalue weighted by Crippen LogP contribution is 2.49. The van der Waals surface area contributed by atoms with Crippen LogP contribution in [0.25, 0.3) is 27.3 Å². The van der Waals surface area contributed by atoms with Gasteiger partial charge in [-0.1, -0.05) is 47.5 Å². The van der Waals surface area contributed by atoms with E-state index in [1.807, 2.05) is 36.5 Å². The Morgan fingerprint density at radius 3 is 2.53 bits per heavy atom. The molecule has 0 bridgehead atoms. The Bertz CT molecular complexity index is 1620. The number of hydrogen-bond acceptors (Lipinski definition) is 6. The molecule has 1 unspecified atom stereocenters. The summed E-state index contributed by atoms with van der Waals surface area (Å²) in [5.41, 5.74) is 3.34. The number of hydrogen-bond donors (Lipinski definition) is 2. The van der Waals surface area contributed by atoms with Crippen LogP contribution in [0.4, 0.5) is 5.69 Å². The maximum atomic E-state index is 13.6. The van der Waals surface area contributed by atoms with Gasteiger partial charge in [0.15, 0.2) is 5.65 Å². The van der Waals surface area contributed by atoms with Crippen LogP contribution in [-0.2, 0) is 9.09 Å². The van der Waals surface area contributed by atoms with Gasteiger partial charge >= 0.3 is 13.5 Å². The lowest BCUT2D eigenvalue weighted by Crippen LogP contribution is -2.15. The second-order valence-electron chi connectivity index (χ2n) is 7.63. The first-order valence-corrected chi connectivity index (χ1v) is 13.6. The quantitative estimate of drug-likeness (QED) is 0.214. The van der Waals surface area contributed by atoms with Gasteiger partial charge in [-0.05, 0) is 35.9 Å². The molecule has 36 heavy (non-hydrogen) atoms. The Hall–Kier alpha value is -3.20. The van der Waals surface area contributed by atoms with E-state index in [-0.39, 0.29) is 20.9 Å². The molecule has 0 amide bonds. The van der Waals surface area contributed by atoms with Crippen LogP contribution >= 0.6 is 42.1 Å². The lowest BCUT2D eigenvalue weighted by Gasteiger charge is -2.19.